The third kappa shape index (κ3) is 3.92. The Labute approximate surface area is 166 Å². The molecule has 0 radical (unpaired) electrons. The second kappa shape index (κ2) is 7.86. The summed E-state index contributed by atoms with van der Waals surface area (Å²) in [4.78, 5) is 15.5. The van der Waals surface area contributed by atoms with Gasteiger partial charge >= 0.3 is 0 Å². The molecule has 0 aliphatic carbocycles. The second-order valence-corrected chi connectivity index (χ2v) is 6.94. The summed E-state index contributed by atoms with van der Waals surface area (Å²) < 4.78 is 15.4. The molecule has 0 unspecified atom stereocenters. The molecule has 4 rings (SSSR count). The van der Waals surface area contributed by atoms with Crippen molar-refractivity contribution in [3.05, 3.63) is 83.0 Å². The summed E-state index contributed by atoms with van der Waals surface area (Å²) in [7, 11) is 0. The smallest absolute Gasteiger partial charge is 0.224 e. The van der Waals surface area contributed by atoms with Crippen molar-refractivity contribution < 1.29 is 9.18 Å². The van der Waals surface area contributed by atoms with Crippen molar-refractivity contribution in [3.63, 3.8) is 0 Å². The van der Waals surface area contributed by atoms with Crippen LogP contribution in [0.25, 0.3) is 10.9 Å². The average Bonchev–Trinajstić information content (AvgIpc) is 3.30. The van der Waals surface area contributed by atoms with Gasteiger partial charge in [-0.25, -0.2) is 4.39 Å². The molecule has 1 amide bonds. The lowest BCUT2D eigenvalue weighted by Crippen LogP contribution is -2.11. The molecule has 0 spiro atoms. The standard InChI is InChI=1S/C21H18ClFN4O/c22-18-5-3-6-19(23)17(18)13-27-12-15(11-25-27)26-21(28)9-8-14-10-24-20-7-2-1-4-16(14)20/h1-7,10-12,24H,8-9,13H2,(H,26,28). The molecule has 0 saturated carbocycles. The number of aromatic amines is 1. The van der Waals surface area contributed by atoms with Crippen molar-refractivity contribution in [2.24, 2.45) is 0 Å². The molecule has 5 nitrogen and oxygen atoms in total. The molecule has 28 heavy (non-hydrogen) atoms. The summed E-state index contributed by atoms with van der Waals surface area (Å²) in [5, 5.41) is 8.47. The highest BCUT2D eigenvalue weighted by molar-refractivity contribution is 6.31. The summed E-state index contributed by atoms with van der Waals surface area (Å²) in [6, 6.07) is 12.6. The minimum Gasteiger partial charge on any atom is -0.361 e. The van der Waals surface area contributed by atoms with Crippen LogP contribution in [-0.4, -0.2) is 20.7 Å². The maximum atomic E-state index is 13.9. The van der Waals surface area contributed by atoms with Crippen molar-refractivity contribution in [1.29, 1.82) is 0 Å². The zero-order valence-corrected chi connectivity index (χ0v) is 15.7. The second-order valence-electron chi connectivity index (χ2n) is 6.53. The highest BCUT2D eigenvalue weighted by atomic mass is 35.5. The third-order valence-corrected chi connectivity index (χ3v) is 4.95. The van der Waals surface area contributed by atoms with Gasteiger partial charge in [0.25, 0.3) is 0 Å². The molecule has 0 fully saturated rings. The number of carbonyl (C=O) groups excluding carboxylic acids is 1. The van der Waals surface area contributed by atoms with Crippen LogP contribution < -0.4 is 5.32 Å². The van der Waals surface area contributed by atoms with E-state index in [4.69, 9.17) is 11.6 Å². The van der Waals surface area contributed by atoms with Gasteiger partial charge in [-0.05, 0) is 30.2 Å². The molecule has 142 valence electrons. The SMILES string of the molecule is O=C(CCc1c[nH]c2ccccc12)Nc1cnn(Cc2c(F)cccc2Cl)c1. The van der Waals surface area contributed by atoms with Gasteiger partial charge in [-0.15, -0.1) is 0 Å². The largest absolute Gasteiger partial charge is 0.361 e. The fourth-order valence-electron chi connectivity index (χ4n) is 3.17. The lowest BCUT2D eigenvalue weighted by Gasteiger charge is -2.06. The van der Waals surface area contributed by atoms with E-state index in [-0.39, 0.29) is 18.3 Å². The number of para-hydroxylation sites is 1. The Morgan fingerprint density at radius 1 is 1.21 bits per heavy atom. The first-order valence-corrected chi connectivity index (χ1v) is 9.28. The number of nitrogens with zero attached hydrogens (tertiary/aromatic N) is 2. The molecule has 2 aromatic heterocycles. The van der Waals surface area contributed by atoms with Crippen LogP contribution in [0.5, 0.6) is 0 Å². The Kier molecular flexibility index (Phi) is 5.12. The Hall–Kier alpha value is -3.12. The minimum atomic E-state index is -0.382. The molecule has 0 bridgehead atoms. The van der Waals surface area contributed by atoms with Gasteiger partial charge < -0.3 is 10.3 Å². The van der Waals surface area contributed by atoms with E-state index in [1.807, 2.05) is 30.5 Å². The number of anilines is 1. The zero-order chi connectivity index (χ0) is 19.5. The number of H-pyrrole nitrogens is 1. The molecule has 7 heteroatoms. The van der Waals surface area contributed by atoms with Gasteiger partial charge in [0.1, 0.15) is 5.82 Å². The number of aryl methyl sites for hydroxylation is 1. The van der Waals surface area contributed by atoms with Crippen molar-refractivity contribution in [2.75, 3.05) is 5.32 Å². The number of aromatic nitrogens is 3. The fraction of sp³-hybridized carbons (Fsp3) is 0.143. The minimum absolute atomic E-state index is 0.103. The Morgan fingerprint density at radius 3 is 2.93 bits per heavy atom. The number of hydrogen-bond acceptors (Lipinski definition) is 2. The number of nitrogens with one attached hydrogen (secondary N) is 2. The molecule has 0 aliphatic heterocycles. The number of amides is 1. The molecule has 2 N–H and O–H groups in total. The number of carbonyl (C=O) groups is 1. The molecule has 0 aliphatic rings. The first-order chi connectivity index (χ1) is 13.6. The van der Waals surface area contributed by atoms with Gasteiger partial charge in [0.15, 0.2) is 0 Å². The molecule has 0 atom stereocenters. The van der Waals surface area contributed by atoms with E-state index in [2.05, 4.69) is 15.4 Å². The lowest BCUT2D eigenvalue weighted by molar-refractivity contribution is -0.116. The van der Waals surface area contributed by atoms with E-state index in [0.717, 1.165) is 16.5 Å². The molecular formula is C21H18ClFN4O. The predicted octanol–water partition coefficient (Wildman–Crippen LogP) is 4.78. The lowest BCUT2D eigenvalue weighted by atomic mass is 10.1. The number of fused-ring (bicyclic) bond motifs is 1. The quantitative estimate of drug-likeness (QED) is 0.492. The number of benzene rings is 2. The predicted molar refractivity (Wildman–Crippen MR) is 108 cm³/mol. The van der Waals surface area contributed by atoms with Crippen molar-refractivity contribution in [3.8, 4) is 0 Å². The van der Waals surface area contributed by atoms with Crippen LogP contribution in [-0.2, 0) is 17.8 Å². The highest BCUT2D eigenvalue weighted by Gasteiger charge is 2.11. The van der Waals surface area contributed by atoms with Crippen LogP contribution in [0.1, 0.15) is 17.5 Å². The van der Waals surface area contributed by atoms with Gasteiger partial charge in [0.05, 0.1) is 18.4 Å². The van der Waals surface area contributed by atoms with Crippen LogP contribution in [0.4, 0.5) is 10.1 Å². The van der Waals surface area contributed by atoms with E-state index in [0.29, 0.717) is 29.1 Å². The zero-order valence-electron chi connectivity index (χ0n) is 15.0. The molecule has 0 saturated heterocycles. The van der Waals surface area contributed by atoms with E-state index in [1.54, 1.807) is 29.2 Å². The first kappa shape index (κ1) is 18.3. The number of hydrogen-bond donors (Lipinski definition) is 2. The fourth-order valence-corrected chi connectivity index (χ4v) is 3.39. The molecule has 2 heterocycles. The van der Waals surface area contributed by atoms with Crippen LogP contribution in [0.2, 0.25) is 5.02 Å². The maximum Gasteiger partial charge on any atom is 0.224 e. The number of halogens is 2. The monoisotopic (exact) mass is 396 g/mol. The van der Waals surface area contributed by atoms with Gasteiger partial charge in [-0.3, -0.25) is 9.48 Å². The van der Waals surface area contributed by atoms with Gasteiger partial charge in [0, 0.05) is 40.3 Å². The summed E-state index contributed by atoms with van der Waals surface area (Å²) >= 11 is 6.05. The molecule has 4 aromatic rings. The van der Waals surface area contributed by atoms with Gasteiger partial charge in [0.2, 0.25) is 5.91 Å². The number of rotatable bonds is 6. The summed E-state index contributed by atoms with van der Waals surface area (Å²) in [6.45, 7) is 0.191. The van der Waals surface area contributed by atoms with Gasteiger partial charge in [-0.2, -0.15) is 5.10 Å². The van der Waals surface area contributed by atoms with Crippen LogP contribution >= 0.6 is 11.6 Å². The molecular weight excluding hydrogens is 379 g/mol. The Balaban J connectivity index is 1.36. The first-order valence-electron chi connectivity index (χ1n) is 8.90. The summed E-state index contributed by atoms with van der Waals surface area (Å²) in [5.74, 6) is -0.485. The van der Waals surface area contributed by atoms with Crippen molar-refractivity contribution >= 4 is 34.1 Å². The van der Waals surface area contributed by atoms with Gasteiger partial charge in [-0.1, -0.05) is 35.9 Å². The van der Waals surface area contributed by atoms with E-state index < -0.39 is 0 Å². The highest BCUT2D eigenvalue weighted by Crippen LogP contribution is 2.21. The van der Waals surface area contributed by atoms with E-state index >= 15 is 0 Å². The summed E-state index contributed by atoms with van der Waals surface area (Å²) in [5.41, 5.74) is 3.10. The van der Waals surface area contributed by atoms with Crippen LogP contribution in [0.3, 0.4) is 0 Å². The van der Waals surface area contributed by atoms with E-state index in [1.165, 1.54) is 6.07 Å². The maximum absolute atomic E-state index is 13.9. The van der Waals surface area contributed by atoms with Crippen molar-refractivity contribution in [2.45, 2.75) is 19.4 Å². The van der Waals surface area contributed by atoms with E-state index in [9.17, 15) is 9.18 Å². The molecule has 2 aromatic carbocycles. The van der Waals surface area contributed by atoms with Crippen molar-refractivity contribution in [1.82, 2.24) is 14.8 Å². The Morgan fingerprint density at radius 2 is 2.07 bits per heavy atom. The third-order valence-electron chi connectivity index (χ3n) is 4.60. The van der Waals surface area contributed by atoms with Crippen LogP contribution in [0.15, 0.2) is 61.1 Å². The Bertz CT molecular complexity index is 1110. The summed E-state index contributed by atoms with van der Waals surface area (Å²) in [6.07, 6.45) is 6.12. The topological polar surface area (TPSA) is 62.7 Å². The average molecular weight is 397 g/mol. The van der Waals surface area contributed by atoms with Crippen LogP contribution in [0, 0.1) is 5.82 Å². The normalized spacial score (nSPS) is 11.1.